The summed E-state index contributed by atoms with van der Waals surface area (Å²) in [5.41, 5.74) is 0.980. The predicted molar refractivity (Wildman–Crippen MR) is 69.7 cm³/mol. The summed E-state index contributed by atoms with van der Waals surface area (Å²) < 4.78 is 1.10. The zero-order valence-electron chi connectivity index (χ0n) is 8.48. The van der Waals surface area contributed by atoms with Crippen molar-refractivity contribution >= 4 is 33.2 Å². The van der Waals surface area contributed by atoms with Gasteiger partial charge in [0.2, 0.25) is 5.95 Å². The molecule has 0 aliphatic heterocycles. The minimum absolute atomic E-state index is 0.588. The second-order valence-electron chi connectivity index (χ2n) is 3.81. The number of nitrogens with zero attached hydrogens (tertiary/aromatic N) is 2. The molecular formula is C11H10BrN3S. The molecule has 0 spiro atoms. The summed E-state index contributed by atoms with van der Waals surface area (Å²) in [6, 6.07) is 4.61. The topological polar surface area (TPSA) is 37.8 Å². The Morgan fingerprint density at radius 2 is 2.31 bits per heavy atom. The Morgan fingerprint density at radius 3 is 3.00 bits per heavy atom. The van der Waals surface area contributed by atoms with Crippen molar-refractivity contribution in [3.8, 4) is 10.6 Å². The van der Waals surface area contributed by atoms with Crippen LogP contribution in [0.3, 0.4) is 0 Å². The van der Waals surface area contributed by atoms with Crippen molar-refractivity contribution in [1.29, 1.82) is 0 Å². The van der Waals surface area contributed by atoms with E-state index in [0.717, 1.165) is 21.0 Å². The fourth-order valence-corrected chi connectivity index (χ4v) is 2.82. The summed E-state index contributed by atoms with van der Waals surface area (Å²) in [4.78, 5) is 9.89. The van der Waals surface area contributed by atoms with Crippen molar-refractivity contribution in [3.63, 3.8) is 0 Å². The number of halogens is 1. The Bertz CT molecular complexity index is 507. The van der Waals surface area contributed by atoms with E-state index in [-0.39, 0.29) is 0 Å². The number of nitrogens with one attached hydrogen (secondary N) is 1. The van der Waals surface area contributed by atoms with E-state index in [1.54, 1.807) is 17.5 Å². The molecule has 0 radical (unpaired) electrons. The van der Waals surface area contributed by atoms with Gasteiger partial charge in [0, 0.05) is 22.1 Å². The van der Waals surface area contributed by atoms with Gasteiger partial charge in [0.15, 0.2) is 0 Å². The molecule has 16 heavy (non-hydrogen) atoms. The van der Waals surface area contributed by atoms with Gasteiger partial charge in [-0.1, -0.05) is 0 Å². The summed E-state index contributed by atoms with van der Waals surface area (Å²) in [6.07, 6.45) is 4.27. The van der Waals surface area contributed by atoms with Crippen LogP contribution in [0.4, 0.5) is 5.95 Å². The molecular weight excluding hydrogens is 286 g/mol. The fourth-order valence-electron chi connectivity index (χ4n) is 1.42. The monoisotopic (exact) mass is 295 g/mol. The first-order valence-electron chi connectivity index (χ1n) is 5.15. The maximum Gasteiger partial charge on any atom is 0.223 e. The van der Waals surface area contributed by atoms with Crippen molar-refractivity contribution in [2.45, 2.75) is 18.9 Å². The number of hydrogen-bond acceptors (Lipinski definition) is 4. The molecule has 0 atom stereocenters. The Labute approximate surface area is 106 Å². The molecule has 3 nitrogen and oxygen atoms in total. The lowest BCUT2D eigenvalue weighted by atomic mass is 10.3. The Morgan fingerprint density at radius 1 is 1.44 bits per heavy atom. The number of anilines is 1. The molecule has 5 heteroatoms. The van der Waals surface area contributed by atoms with Gasteiger partial charge in [-0.3, -0.25) is 0 Å². The molecule has 1 aliphatic carbocycles. The molecule has 0 bridgehead atoms. The minimum atomic E-state index is 0.588. The maximum absolute atomic E-state index is 4.50. The smallest absolute Gasteiger partial charge is 0.223 e. The number of rotatable bonds is 3. The molecule has 1 fully saturated rings. The van der Waals surface area contributed by atoms with Gasteiger partial charge in [0.25, 0.3) is 0 Å². The van der Waals surface area contributed by atoms with E-state index in [0.29, 0.717) is 6.04 Å². The highest BCUT2D eigenvalue weighted by Crippen LogP contribution is 2.29. The SMILES string of the molecule is Brc1csc(-c2ccnc(NC3CC3)n2)c1. The molecule has 3 rings (SSSR count). The van der Waals surface area contributed by atoms with Crippen LogP contribution in [0, 0.1) is 0 Å². The third kappa shape index (κ3) is 2.25. The Hall–Kier alpha value is -0.940. The largest absolute Gasteiger partial charge is 0.351 e. The van der Waals surface area contributed by atoms with Crippen LogP contribution < -0.4 is 5.32 Å². The Balaban J connectivity index is 1.88. The van der Waals surface area contributed by atoms with Crippen molar-refractivity contribution < 1.29 is 0 Å². The lowest BCUT2D eigenvalue weighted by Crippen LogP contribution is -2.05. The van der Waals surface area contributed by atoms with E-state index in [4.69, 9.17) is 0 Å². The number of thiophene rings is 1. The molecule has 1 aliphatic rings. The molecule has 82 valence electrons. The van der Waals surface area contributed by atoms with Crippen LogP contribution in [0.1, 0.15) is 12.8 Å². The van der Waals surface area contributed by atoms with E-state index in [2.05, 4.69) is 42.7 Å². The van der Waals surface area contributed by atoms with E-state index in [1.165, 1.54) is 12.8 Å². The van der Waals surface area contributed by atoms with Gasteiger partial charge in [-0.15, -0.1) is 11.3 Å². The van der Waals surface area contributed by atoms with Gasteiger partial charge < -0.3 is 5.32 Å². The van der Waals surface area contributed by atoms with Crippen LogP contribution in [0.15, 0.2) is 28.2 Å². The highest BCUT2D eigenvalue weighted by molar-refractivity contribution is 9.10. The summed E-state index contributed by atoms with van der Waals surface area (Å²) >= 11 is 5.13. The lowest BCUT2D eigenvalue weighted by Gasteiger charge is -2.03. The average Bonchev–Trinajstić information content (AvgIpc) is 2.98. The van der Waals surface area contributed by atoms with Crippen LogP contribution >= 0.6 is 27.3 Å². The van der Waals surface area contributed by atoms with Crippen molar-refractivity contribution in [2.75, 3.05) is 5.32 Å². The quantitative estimate of drug-likeness (QED) is 0.941. The zero-order chi connectivity index (χ0) is 11.0. The number of aromatic nitrogens is 2. The first kappa shape index (κ1) is 10.2. The number of hydrogen-bond donors (Lipinski definition) is 1. The highest BCUT2D eigenvalue weighted by Gasteiger charge is 2.21. The second-order valence-corrected chi connectivity index (χ2v) is 5.64. The van der Waals surface area contributed by atoms with Gasteiger partial charge in [-0.05, 0) is 40.9 Å². The zero-order valence-corrected chi connectivity index (χ0v) is 10.9. The first-order valence-corrected chi connectivity index (χ1v) is 6.82. The molecule has 1 saturated carbocycles. The fraction of sp³-hybridized carbons (Fsp3) is 0.273. The molecule has 0 amide bonds. The van der Waals surface area contributed by atoms with Crippen molar-refractivity contribution in [1.82, 2.24) is 9.97 Å². The minimum Gasteiger partial charge on any atom is -0.351 e. The van der Waals surface area contributed by atoms with Crippen LogP contribution in [-0.4, -0.2) is 16.0 Å². The lowest BCUT2D eigenvalue weighted by molar-refractivity contribution is 1.06. The third-order valence-electron chi connectivity index (χ3n) is 2.39. The average molecular weight is 296 g/mol. The standard InChI is InChI=1S/C11H10BrN3S/c12-7-5-10(16-6-7)9-3-4-13-11(15-9)14-8-1-2-8/h3-6,8H,1-2H2,(H,13,14,15). The van der Waals surface area contributed by atoms with Gasteiger partial charge in [-0.25, -0.2) is 9.97 Å². The van der Waals surface area contributed by atoms with Crippen LogP contribution in [0.5, 0.6) is 0 Å². The summed E-state index contributed by atoms with van der Waals surface area (Å²) in [5, 5.41) is 5.36. The van der Waals surface area contributed by atoms with E-state index in [9.17, 15) is 0 Å². The molecule has 2 aromatic rings. The third-order valence-corrected chi connectivity index (χ3v) is 4.10. The molecule has 1 N–H and O–H groups in total. The van der Waals surface area contributed by atoms with Gasteiger partial charge in [0.1, 0.15) is 0 Å². The van der Waals surface area contributed by atoms with E-state index >= 15 is 0 Å². The molecule has 0 saturated heterocycles. The highest BCUT2D eigenvalue weighted by atomic mass is 79.9. The van der Waals surface area contributed by atoms with Crippen LogP contribution in [0.2, 0.25) is 0 Å². The van der Waals surface area contributed by atoms with Crippen molar-refractivity contribution in [2.24, 2.45) is 0 Å². The molecule has 2 heterocycles. The summed E-state index contributed by atoms with van der Waals surface area (Å²) in [5.74, 6) is 0.740. The second kappa shape index (κ2) is 4.14. The van der Waals surface area contributed by atoms with E-state index < -0.39 is 0 Å². The van der Waals surface area contributed by atoms with Crippen LogP contribution in [0.25, 0.3) is 10.6 Å². The summed E-state index contributed by atoms with van der Waals surface area (Å²) in [7, 11) is 0. The maximum atomic E-state index is 4.50. The van der Waals surface area contributed by atoms with Gasteiger partial charge in [0.05, 0.1) is 10.6 Å². The van der Waals surface area contributed by atoms with E-state index in [1.807, 2.05) is 6.07 Å². The molecule has 0 aromatic carbocycles. The molecule has 2 aromatic heterocycles. The first-order chi connectivity index (χ1) is 7.81. The predicted octanol–water partition coefficient (Wildman–Crippen LogP) is 3.54. The van der Waals surface area contributed by atoms with Gasteiger partial charge >= 0.3 is 0 Å². The summed E-state index contributed by atoms with van der Waals surface area (Å²) in [6.45, 7) is 0. The van der Waals surface area contributed by atoms with Crippen molar-refractivity contribution in [3.05, 3.63) is 28.2 Å². The molecule has 0 unspecified atom stereocenters. The Kier molecular flexibility index (Phi) is 2.65. The normalized spacial score (nSPS) is 15.1. The van der Waals surface area contributed by atoms with Crippen LogP contribution in [-0.2, 0) is 0 Å². The van der Waals surface area contributed by atoms with Gasteiger partial charge in [-0.2, -0.15) is 0 Å².